The summed E-state index contributed by atoms with van der Waals surface area (Å²) in [6.45, 7) is 8.02. The highest BCUT2D eigenvalue weighted by Gasteiger charge is 2.42. The van der Waals surface area contributed by atoms with Crippen molar-refractivity contribution in [1.82, 2.24) is 4.90 Å². The molecule has 0 radical (unpaired) electrons. The van der Waals surface area contributed by atoms with Gasteiger partial charge in [-0.1, -0.05) is 13.8 Å². The maximum absolute atomic E-state index is 13.3. The molecule has 168 valence electrons. The molecule has 1 aromatic rings. The number of hydrogen-bond acceptors (Lipinski definition) is 7. The third-order valence-electron chi connectivity index (χ3n) is 6.42. The van der Waals surface area contributed by atoms with E-state index in [2.05, 4.69) is 0 Å². The molecular formula is C20H32N2O7Si. The van der Waals surface area contributed by atoms with Crippen LogP contribution in [0.1, 0.15) is 43.5 Å². The number of hydrogen-bond donors (Lipinski definition) is 2. The van der Waals surface area contributed by atoms with Gasteiger partial charge < -0.3 is 24.3 Å². The molecule has 2 rings (SSSR count). The zero-order valence-corrected chi connectivity index (χ0v) is 19.5. The summed E-state index contributed by atoms with van der Waals surface area (Å²) in [4.78, 5) is 36.3. The van der Waals surface area contributed by atoms with Crippen molar-refractivity contribution in [1.29, 1.82) is 0 Å². The molecule has 0 aromatic heterocycles. The predicted octanol–water partition coefficient (Wildman–Crippen LogP) is 2.95. The van der Waals surface area contributed by atoms with Gasteiger partial charge in [-0.15, -0.1) is 0 Å². The summed E-state index contributed by atoms with van der Waals surface area (Å²) in [6, 6.07) is 2.02. The van der Waals surface area contributed by atoms with Gasteiger partial charge in [-0.25, -0.2) is 0 Å². The molecule has 0 unspecified atom stereocenters. The molecule has 0 bridgehead atoms. The van der Waals surface area contributed by atoms with E-state index in [1.807, 2.05) is 26.9 Å². The Morgan fingerprint density at radius 3 is 2.37 bits per heavy atom. The van der Waals surface area contributed by atoms with E-state index in [1.165, 1.54) is 31.3 Å². The van der Waals surface area contributed by atoms with Crippen LogP contribution in [0.5, 0.6) is 11.5 Å². The molecule has 1 aromatic carbocycles. The Kier molecular flexibility index (Phi) is 7.15. The summed E-state index contributed by atoms with van der Waals surface area (Å²) in [6.07, 6.45) is 0.811. The molecule has 10 heteroatoms. The summed E-state index contributed by atoms with van der Waals surface area (Å²) in [5.41, 5.74) is -0.477. The standard InChI is InChI=1S/C20H32N2O7Si/c1-20(2,30(5,6)27)9-7-14-16(23)8-10-21(14)19(24)13-11-17(28-3)18(29-4)12-15(13)22(25)26/h11-12,14,16,23,27H,7-10H2,1-6H3/t14-,16+/m1/s1. The zero-order valence-electron chi connectivity index (χ0n) is 18.5. The van der Waals surface area contributed by atoms with E-state index in [9.17, 15) is 24.8 Å². The van der Waals surface area contributed by atoms with E-state index >= 15 is 0 Å². The first kappa shape index (κ1) is 24.1. The number of aliphatic hydroxyl groups excluding tert-OH is 1. The number of amides is 1. The Labute approximate surface area is 177 Å². The molecule has 1 fully saturated rings. The van der Waals surface area contributed by atoms with Crippen molar-refractivity contribution in [3.05, 3.63) is 27.8 Å². The SMILES string of the molecule is COc1cc(C(=O)N2CC[C@H](O)[C@H]2CCC(C)(C)[Si](C)(C)O)c([N+](=O)[O-])cc1OC. The minimum Gasteiger partial charge on any atom is -0.493 e. The van der Waals surface area contributed by atoms with E-state index in [1.54, 1.807) is 0 Å². The summed E-state index contributed by atoms with van der Waals surface area (Å²) in [5.74, 6) is -0.143. The first-order chi connectivity index (χ1) is 13.8. The number of carbonyl (C=O) groups is 1. The van der Waals surface area contributed by atoms with E-state index in [-0.39, 0.29) is 27.8 Å². The van der Waals surface area contributed by atoms with Gasteiger partial charge in [-0.3, -0.25) is 14.9 Å². The van der Waals surface area contributed by atoms with Crippen molar-refractivity contribution >= 4 is 19.9 Å². The second kappa shape index (κ2) is 8.91. The van der Waals surface area contributed by atoms with Crippen LogP contribution in [-0.2, 0) is 0 Å². The first-order valence-electron chi connectivity index (χ1n) is 9.96. The van der Waals surface area contributed by atoms with Crippen LogP contribution >= 0.6 is 0 Å². The fourth-order valence-electron chi connectivity index (χ4n) is 3.60. The molecule has 1 aliphatic heterocycles. The number of aliphatic hydroxyl groups is 1. The van der Waals surface area contributed by atoms with Crippen LogP contribution in [0.3, 0.4) is 0 Å². The Morgan fingerprint density at radius 2 is 1.87 bits per heavy atom. The minimum atomic E-state index is -2.44. The Morgan fingerprint density at radius 1 is 1.30 bits per heavy atom. The van der Waals surface area contributed by atoms with Gasteiger partial charge in [-0.2, -0.15) is 0 Å². The summed E-state index contributed by atoms with van der Waals surface area (Å²) in [7, 11) is 0.313. The maximum atomic E-state index is 13.3. The van der Waals surface area contributed by atoms with Crippen LogP contribution in [0.15, 0.2) is 12.1 Å². The van der Waals surface area contributed by atoms with Gasteiger partial charge in [0.05, 0.1) is 37.4 Å². The van der Waals surface area contributed by atoms with Gasteiger partial charge in [0.1, 0.15) is 5.56 Å². The largest absolute Gasteiger partial charge is 0.493 e. The lowest BCUT2D eigenvalue weighted by atomic mass is 9.98. The molecular weight excluding hydrogens is 408 g/mol. The average Bonchev–Trinajstić information content (AvgIpc) is 3.04. The second-order valence-electron chi connectivity index (χ2n) is 8.88. The van der Waals surface area contributed by atoms with Gasteiger partial charge >= 0.3 is 0 Å². The van der Waals surface area contributed by atoms with Crippen molar-refractivity contribution in [3.63, 3.8) is 0 Å². The van der Waals surface area contributed by atoms with Crippen molar-refractivity contribution in [2.24, 2.45) is 0 Å². The maximum Gasteiger partial charge on any atom is 0.286 e. The normalized spacial score (nSPS) is 19.7. The molecule has 1 saturated heterocycles. The third kappa shape index (κ3) is 4.76. The topological polar surface area (TPSA) is 122 Å². The van der Waals surface area contributed by atoms with E-state index in [4.69, 9.17) is 9.47 Å². The molecule has 9 nitrogen and oxygen atoms in total. The molecule has 0 saturated carbocycles. The van der Waals surface area contributed by atoms with Crippen LogP contribution in [0, 0.1) is 10.1 Å². The van der Waals surface area contributed by atoms with Crippen LogP contribution in [0.25, 0.3) is 0 Å². The molecule has 1 aliphatic rings. The molecule has 2 N–H and O–H groups in total. The lowest BCUT2D eigenvalue weighted by molar-refractivity contribution is -0.385. The first-order valence-corrected chi connectivity index (χ1v) is 12.9. The average molecular weight is 441 g/mol. The van der Waals surface area contributed by atoms with E-state index < -0.39 is 31.3 Å². The number of likely N-dealkylation sites (tertiary alicyclic amines) is 1. The minimum absolute atomic E-state index is 0.104. The van der Waals surface area contributed by atoms with Crippen molar-refractivity contribution in [3.8, 4) is 11.5 Å². The van der Waals surface area contributed by atoms with Crippen molar-refractivity contribution in [2.45, 2.75) is 63.4 Å². The Balaban J connectivity index is 2.36. The number of rotatable bonds is 8. The lowest BCUT2D eigenvalue weighted by Gasteiger charge is -2.37. The Hall–Kier alpha value is -2.17. The number of methoxy groups -OCH3 is 2. The fourth-order valence-corrected chi connectivity index (χ4v) is 4.35. The lowest BCUT2D eigenvalue weighted by Crippen LogP contribution is -2.43. The molecule has 1 heterocycles. The predicted molar refractivity (Wildman–Crippen MR) is 115 cm³/mol. The summed E-state index contributed by atoms with van der Waals surface area (Å²) >= 11 is 0. The van der Waals surface area contributed by atoms with E-state index in [0.29, 0.717) is 25.8 Å². The number of benzene rings is 1. The number of nitrogens with zero attached hydrogens (tertiary/aromatic N) is 2. The van der Waals surface area contributed by atoms with Crippen molar-refractivity contribution in [2.75, 3.05) is 20.8 Å². The van der Waals surface area contributed by atoms with E-state index in [0.717, 1.165) is 0 Å². The summed E-state index contributed by atoms with van der Waals surface area (Å²) in [5, 5.41) is 21.8. The number of carbonyl (C=O) groups excluding carboxylic acids is 1. The highest BCUT2D eigenvalue weighted by molar-refractivity contribution is 6.72. The smallest absolute Gasteiger partial charge is 0.286 e. The van der Waals surface area contributed by atoms with Gasteiger partial charge in [0, 0.05) is 12.6 Å². The molecule has 1 amide bonds. The highest BCUT2D eigenvalue weighted by atomic mass is 28.4. The number of ether oxygens (including phenoxy) is 2. The van der Waals surface area contributed by atoms with Crippen LogP contribution in [-0.4, -0.2) is 66.9 Å². The number of nitro benzene ring substituents is 1. The summed E-state index contributed by atoms with van der Waals surface area (Å²) < 4.78 is 10.3. The fraction of sp³-hybridized carbons (Fsp3) is 0.650. The second-order valence-corrected chi connectivity index (χ2v) is 13.4. The van der Waals surface area contributed by atoms with Crippen molar-refractivity contribution < 1.29 is 29.1 Å². The van der Waals surface area contributed by atoms with Crippen LogP contribution in [0.2, 0.25) is 18.1 Å². The Bertz CT molecular complexity index is 807. The van der Waals surface area contributed by atoms with Crippen LogP contribution in [0.4, 0.5) is 5.69 Å². The highest BCUT2D eigenvalue weighted by Crippen LogP contribution is 2.42. The third-order valence-corrected chi connectivity index (χ3v) is 9.98. The van der Waals surface area contributed by atoms with Gasteiger partial charge in [-0.05, 0) is 37.4 Å². The molecule has 2 atom stereocenters. The van der Waals surface area contributed by atoms with Crippen LogP contribution < -0.4 is 9.47 Å². The van der Waals surface area contributed by atoms with Gasteiger partial charge in [0.15, 0.2) is 19.8 Å². The number of nitro groups is 1. The molecule has 30 heavy (non-hydrogen) atoms. The molecule has 0 aliphatic carbocycles. The monoisotopic (exact) mass is 440 g/mol. The van der Waals surface area contributed by atoms with Gasteiger partial charge in [0.25, 0.3) is 11.6 Å². The molecule has 0 spiro atoms. The van der Waals surface area contributed by atoms with Gasteiger partial charge in [0.2, 0.25) is 0 Å². The zero-order chi connectivity index (χ0) is 22.9. The quantitative estimate of drug-likeness (QED) is 0.362.